The van der Waals surface area contributed by atoms with Crippen LogP contribution < -0.4 is 4.74 Å². The number of allylic oxidation sites excluding steroid dienone is 2. The summed E-state index contributed by atoms with van der Waals surface area (Å²) in [5.41, 5.74) is 0.861. The number of amides is 2. The molecular formula is C26H36N2O4. The average molecular weight is 441 g/mol. The van der Waals surface area contributed by atoms with Gasteiger partial charge in [-0.05, 0) is 70.2 Å². The fourth-order valence-electron chi connectivity index (χ4n) is 5.15. The zero-order valence-electron chi connectivity index (χ0n) is 20.0. The van der Waals surface area contributed by atoms with Crippen molar-refractivity contribution in [3.8, 4) is 5.75 Å². The van der Waals surface area contributed by atoms with Crippen LogP contribution in [0.15, 0.2) is 43.5 Å². The third-order valence-corrected chi connectivity index (χ3v) is 6.49. The lowest BCUT2D eigenvalue weighted by molar-refractivity contribution is -0.139. The summed E-state index contributed by atoms with van der Waals surface area (Å²) in [6.07, 6.45) is 5.10. The Kier molecular flexibility index (Phi) is 6.72. The summed E-state index contributed by atoms with van der Waals surface area (Å²) >= 11 is 0. The minimum Gasteiger partial charge on any atom is -0.497 e. The average Bonchev–Trinajstić information content (AvgIpc) is 2.98. The summed E-state index contributed by atoms with van der Waals surface area (Å²) in [6.45, 7) is 16.3. The second kappa shape index (κ2) is 9.00. The highest BCUT2D eigenvalue weighted by molar-refractivity contribution is 5.86. The van der Waals surface area contributed by atoms with E-state index in [1.807, 2.05) is 62.9 Å². The standard InChI is InChI=1S/C26H36N2O4/c1-8-12-26(13-9-2)17-21-22(20-11-10-19(31-7)16-18(20)3)28(15-14-27(21)23(26)29)24(30)32-25(4,5)6/h8-11,16,21-22H,1-2,12-15,17H2,3-7H3/t21?,22-/m0/s1. The predicted octanol–water partition coefficient (Wildman–Crippen LogP) is 5.03. The van der Waals surface area contributed by atoms with Crippen molar-refractivity contribution in [3.63, 3.8) is 0 Å². The smallest absolute Gasteiger partial charge is 0.410 e. The van der Waals surface area contributed by atoms with Crippen molar-refractivity contribution >= 4 is 12.0 Å². The number of carbonyl (C=O) groups is 2. The first-order valence-corrected chi connectivity index (χ1v) is 11.2. The van der Waals surface area contributed by atoms with Crippen molar-refractivity contribution in [2.75, 3.05) is 20.2 Å². The number of ether oxygens (including phenoxy) is 2. The highest BCUT2D eigenvalue weighted by Crippen LogP contribution is 2.49. The zero-order chi connectivity index (χ0) is 23.7. The highest BCUT2D eigenvalue weighted by atomic mass is 16.6. The van der Waals surface area contributed by atoms with E-state index >= 15 is 0 Å². The quantitative estimate of drug-likeness (QED) is 0.582. The van der Waals surface area contributed by atoms with E-state index in [1.165, 1.54) is 0 Å². The summed E-state index contributed by atoms with van der Waals surface area (Å²) < 4.78 is 11.1. The molecule has 2 atom stereocenters. The van der Waals surface area contributed by atoms with Gasteiger partial charge in [0.2, 0.25) is 5.91 Å². The molecule has 0 N–H and O–H groups in total. The second-order valence-corrected chi connectivity index (χ2v) is 9.88. The number of hydrogen-bond acceptors (Lipinski definition) is 4. The van der Waals surface area contributed by atoms with Crippen LogP contribution in [-0.2, 0) is 9.53 Å². The third-order valence-electron chi connectivity index (χ3n) is 6.49. The lowest BCUT2D eigenvalue weighted by atomic mass is 9.76. The van der Waals surface area contributed by atoms with Gasteiger partial charge in [-0.25, -0.2) is 4.79 Å². The fourth-order valence-corrected chi connectivity index (χ4v) is 5.15. The molecule has 0 radical (unpaired) electrons. The molecule has 2 aliphatic rings. The molecule has 2 saturated heterocycles. The van der Waals surface area contributed by atoms with E-state index in [-0.39, 0.29) is 24.1 Å². The van der Waals surface area contributed by atoms with Gasteiger partial charge in [-0.1, -0.05) is 18.2 Å². The van der Waals surface area contributed by atoms with E-state index in [0.29, 0.717) is 32.4 Å². The van der Waals surface area contributed by atoms with Crippen LogP contribution in [0.2, 0.25) is 0 Å². The molecule has 1 unspecified atom stereocenters. The molecule has 0 spiro atoms. The van der Waals surface area contributed by atoms with Crippen LogP contribution in [0.4, 0.5) is 4.79 Å². The van der Waals surface area contributed by atoms with E-state index in [1.54, 1.807) is 12.0 Å². The maximum Gasteiger partial charge on any atom is 0.410 e. The molecule has 2 aliphatic heterocycles. The van der Waals surface area contributed by atoms with Crippen molar-refractivity contribution in [2.45, 2.75) is 64.6 Å². The Labute approximate surface area is 191 Å². The number of aryl methyl sites for hydroxylation is 1. The molecule has 32 heavy (non-hydrogen) atoms. The normalized spacial score (nSPS) is 22.3. The number of piperazine rings is 1. The molecule has 0 saturated carbocycles. The van der Waals surface area contributed by atoms with Gasteiger partial charge in [0.05, 0.1) is 24.6 Å². The van der Waals surface area contributed by atoms with Gasteiger partial charge < -0.3 is 14.4 Å². The van der Waals surface area contributed by atoms with Gasteiger partial charge in [0.25, 0.3) is 0 Å². The summed E-state index contributed by atoms with van der Waals surface area (Å²) in [4.78, 5) is 30.6. The fraction of sp³-hybridized carbons (Fsp3) is 0.538. The van der Waals surface area contributed by atoms with Crippen LogP contribution in [0, 0.1) is 12.3 Å². The van der Waals surface area contributed by atoms with Gasteiger partial charge in [-0.2, -0.15) is 0 Å². The molecule has 2 amide bonds. The molecular weight excluding hydrogens is 404 g/mol. The number of methoxy groups -OCH3 is 1. The minimum absolute atomic E-state index is 0.127. The maximum absolute atomic E-state index is 13.6. The zero-order valence-corrected chi connectivity index (χ0v) is 20.0. The molecule has 0 bridgehead atoms. The predicted molar refractivity (Wildman–Crippen MR) is 126 cm³/mol. The molecule has 2 fully saturated rings. The van der Waals surface area contributed by atoms with Crippen LogP contribution in [0.25, 0.3) is 0 Å². The van der Waals surface area contributed by atoms with Gasteiger partial charge in [0, 0.05) is 13.1 Å². The number of nitrogens with zero attached hydrogens (tertiary/aromatic N) is 2. The van der Waals surface area contributed by atoms with Crippen molar-refractivity contribution in [1.29, 1.82) is 0 Å². The molecule has 1 aromatic rings. The largest absolute Gasteiger partial charge is 0.497 e. The van der Waals surface area contributed by atoms with Crippen molar-refractivity contribution in [3.05, 3.63) is 54.6 Å². The van der Waals surface area contributed by atoms with E-state index in [0.717, 1.165) is 16.9 Å². The number of hydrogen-bond donors (Lipinski definition) is 0. The Morgan fingerprint density at radius 3 is 2.41 bits per heavy atom. The number of fused-ring (bicyclic) bond motifs is 1. The van der Waals surface area contributed by atoms with Crippen molar-refractivity contribution < 1.29 is 19.1 Å². The lowest BCUT2D eigenvalue weighted by Crippen LogP contribution is -2.56. The van der Waals surface area contributed by atoms with E-state index in [4.69, 9.17) is 9.47 Å². The Morgan fingerprint density at radius 2 is 1.88 bits per heavy atom. The Balaban J connectivity index is 2.08. The van der Waals surface area contributed by atoms with Crippen LogP contribution in [0.1, 0.15) is 57.2 Å². The van der Waals surface area contributed by atoms with Crippen LogP contribution in [-0.4, -0.2) is 53.6 Å². The van der Waals surface area contributed by atoms with E-state index < -0.39 is 11.0 Å². The second-order valence-electron chi connectivity index (χ2n) is 9.88. The topological polar surface area (TPSA) is 59.1 Å². The number of benzene rings is 1. The first-order valence-electron chi connectivity index (χ1n) is 11.2. The molecule has 2 heterocycles. The maximum atomic E-state index is 13.6. The van der Waals surface area contributed by atoms with Gasteiger partial charge >= 0.3 is 6.09 Å². The Morgan fingerprint density at radius 1 is 1.22 bits per heavy atom. The number of rotatable bonds is 6. The first kappa shape index (κ1) is 23.9. The van der Waals surface area contributed by atoms with Gasteiger partial charge in [0.1, 0.15) is 11.4 Å². The van der Waals surface area contributed by atoms with Gasteiger partial charge in [-0.15, -0.1) is 13.2 Å². The van der Waals surface area contributed by atoms with Crippen LogP contribution in [0.5, 0.6) is 5.75 Å². The molecule has 6 nitrogen and oxygen atoms in total. The molecule has 1 aromatic carbocycles. The molecule has 174 valence electrons. The van der Waals surface area contributed by atoms with Gasteiger partial charge in [-0.3, -0.25) is 9.69 Å². The summed E-state index contributed by atoms with van der Waals surface area (Å²) in [5.74, 6) is 0.889. The number of carbonyl (C=O) groups excluding carboxylic acids is 2. The molecule has 6 heteroatoms. The summed E-state index contributed by atoms with van der Waals surface area (Å²) in [5, 5.41) is 0. The first-order chi connectivity index (χ1) is 15.1. The molecule has 0 aromatic heterocycles. The van der Waals surface area contributed by atoms with E-state index in [9.17, 15) is 9.59 Å². The summed E-state index contributed by atoms with van der Waals surface area (Å²) in [6, 6.07) is 5.44. The van der Waals surface area contributed by atoms with Crippen LogP contribution in [0.3, 0.4) is 0 Å². The summed E-state index contributed by atoms with van der Waals surface area (Å²) in [7, 11) is 1.64. The Bertz CT molecular complexity index is 892. The van der Waals surface area contributed by atoms with Gasteiger partial charge in [0.15, 0.2) is 0 Å². The van der Waals surface area contributed by atoms with Crippen LogP contribution >= 0.6 is 0 Å². The van der Waals surface area contributed by atoms with Crippen molar-refractivity contribution in [1.82, 2.24) is 9.80 Å². The SMILES string of the molecule is C=CCC1(CC=C)CC2[C@H](c3ccc(OC)cc3C)N(C(=O)OC(C)(C)C)CCN2C1=O. The van der Waals surface area contributed by atoms with Crippen molar-refractivity contribution in [2.24, 2.45) is 5.41 Å². The Hall–Kier alpha value is -2.76. The monoisotopic (exact) mass is 440 g/mol. The molecule has 0 aliphatic carbocycles. The van der Waals surface area contributed by atoms with E-state index in [2.05, 4.69) is 13.2 Å². The lowest BCUT2D eigenvalue weighted by Gasteiger charge is -2.45. The molecule has 3 rings (SSSR count). The minimum atomic E-state index is -0.603. The third kappa shape index (κ3) is 4.41. The highest BCUT2D eigenvalue weighted by Gasteiger charge is 2.56.